The van der Waals surface area contributed by atoms with Crippen molar-refractivity contribution in [2.24, 2.45) is 17.8 Å². The minimum Gasteiger partial charge on any atom is -0.332 e. The lowest BCUT2D eigenvalue weighted by atomic mass is 9.53. The van der Waals surface area contributed by atoms with Crippen LogP contribution >= 0.6 is 0 Å². The summed E-state index contributed by atoms with van der Waals surface area (Å²) in [6.07, 6.45) is 1.61. The van der Waals surface area contributed by atoms with Gasteiger partial charge in [0.05, 0.1) is 10.5 Å². The van der Waals surface area contributed by atoms with Crippen LogP contribution in [0, 0.1) is 17.8 Å². The third-order valence-electron chi connectivity index (χ3n) is 6.14. The first-order valence-corrected chi connectivity index (χ1v) is 10.6. The number of rotatable bonds is 3. The van der Waals surface area contributed by atoms with E-state index < -0.39 is 27.8 Å². The summed E-state index contributed by atoms with van der Waals surface area (Å²) >= 11 is 0. The average Bonchev–Trinajstić information content (AvgIpc) is 2.51. The molecule has 2 N–H and O–H groups in total. The number of amides is 2. The van der Waals surface area contributed by atoms with Crippen molar-refractivity contribution in [2.45, 2.75) is 55.1 Å². The van der Waals surface area contributed by atoms with Gasteiger partial charge < -0.3 is 5.32 Å². The summed E-state index contributed by atoms with van der Waals surface area (Å²) in [5.41, 5.74) is -1.30. The van der Waals surface area contributed by atoms with Crippen molar-refractivity contribution in [2.75, 3.05) is 0 Å². The normalized spacial score (nSPS) is 32.3. The lowest BCUT2D eigenvalue weighted by molar-refractivity contribution is -0.137. The Morgan fingerprint density at radius 2 is 1.44 bits per heavy atom. The zero-order valence-electron chi connectivity index (χ0n) is 14.6. The van der Waals surface area contributed by atoms with E-state index in [1.165, 1.54) is 19.3 Å². The molecule has 9 heteroatoms. The smallest absolute Gasteiger partial charge is 0.332 e. The molecular weight excluding hydrogens is 381 g/mol. The minimum atomic E-state index is -4.55. The van der Waals surface area contributed by atoms with Gasteiger partial charge in [0, 0.05) is 5.54 Å². The van der Waals surface area contributed by atoms with E-state index in [4.69, 9.17) is 0 Å². The highest BCUT2D eigenvalue weighted by Crippen LogP contribution is 2.55. The molecule has 0 aromatic heterocycles. The van der Waals surface area contributed by atoms with Crippen molar-refractivity contribution in [1.29, 1.82) is 0 Å². The summed E-state index contributed by atoms with van der Waals surface area (Å²) < 4.78 is 64.5. The topological polar surface area (TPSA) is 75.3 Å². The highest BCUT2D eigenvalue weighted by molar-refractivity contribution is 7.90. The van der Waals surface area contributed by atoms with E-state index in [1.54, 1.807) is 0 Å². The fourth-order valence-electron chi connectivity index (χ4n) is 5.53. The van der Waals surface area contributed by atoms with Crippen molar-refractivity contribution in [1.82, 2.24) is 10.0 Å². The quantitative estimate of drug-likeness (QED) is 0.810. The number of alkyl halides is 3. The van der Waals surface area contributed by atoms with E-state index in [0.717, 1.165) is 31.4 Å². The van der Waals surface area contributed by atoms with Crippen LogP contribution in [0.25, 0.3) is 0 Å². The van der Waals surface area contributed by atoms with Gasteiger partial charge in [-0.25, -0.2) is 17.9 Å². The molecule has 1 aromatic rings. The summed E-state index contributed by atoms with van der Waals surface area (Å²) in [5, 5.41) is 2.88. The number of halogens is 3. The maximum Gasteiger partial charge on any atom is 0.416 e. The fourth-order valence-corrected chi connectivity index (χ4v) is 6.44. The molecule has 1 aromatic carbocycles. The predicted octanol–water partition coefficient (Wildman–Crippen LogP) is 3.66. The molecule has 4 bridgehead atoms. The summed E-state index contributed by atoms with van der Waals surface area (Å²) in [6, 6.07) is 2.26. The molecule has 0 atom stereocenters. The number of hydrogen-bond acceptors (Lipinski definition) is 3. The zero-order valence-corrected chi connectivity index (χ0v) is 15.4. The van der Waals surface area contributed by atoms with Crippen LogP contribution in [0.15, 0.2) is 29.2 Å². The molecule has 0 spiro atoms. The Balaban J connectivity index is 1.44. The molecule has 0 aliphatic heterocycles. The highest BCUT2D eigenvalue weighted by Gasteiger charge is 2.51. The van der Waals surface area contributed by atoms with Crippen molar-refractivity contribution >= 4 is 16.1 Å². The molecule has 0 heterocycles. The van der Waals surface area contributed by atoms with E-state index in [1.807, 2.05) is 4.72 Å². The number of urea groups is 1. The van der Waals surface area contributed by atoms with Crippen LogP contribution in [-0.4, -0.2) is 20.0 Å². The van der Waals surface area contributed by atoms with Gasteiger partial charge in [-0.3, -0.25) is 0 Å². The van der Waals surface area contributed by atoms with E-state index >= 15 is 0 Å². The molecule has 0 unspecified atom stereocenters. The van der Waals surface area contributed by atoms with E-state index in [-0.39, 0.29) is 10.4 Å². The lowest BCUT2D eigenvalue weighted by Crippen LogP contribution is -2.61. The van der Waals surface area contributed by atoms with E-state index in [2.05, 4.69) is 5.32 Å². The Hall–Kier alpha value is -1.77. The SMILES string of the molecule is O=C(NC12CC3CC(CC(C3)C1)C2)NS(=O)(=O)c1ccc(C(F)(F)F)cc1. The molecule has 148 valence electrons. The standard InChI is InChI=1S/C18H21F3N2O3S/c19-18(20,21)14-1-3-15(4-2-14)27(25,26)23-16(24)22-17-8-11-5-12(9-17)7-13(6-11)10-17/h1-4,11-13H,5-10H2,(H2,22,23,24). The van der Waals surface area contributed by atoms with Crippen LogP contribution in [0.2, 0.25) is 0 Å². The largest absolute Gasteiger partial charge is 0.416 e. The number of sulfonamides is 1. The van der Waals surface area contributed by atoms with Crippen LogP contribution in [0.1, 0.15) is 44.1 Å². The van der Waals surface area contributed by atoms with Crippen molar-refractivity contribution in [3.8, 4) is 0 Å². The average molecular weight is 402 g/mol. The summed E-state index contributed by atoms with van der Waals surface area (Å²) in [7, 11) is -4.23. The molecule has 4 fully saturated rings. The zero-order chi connectivity index (χ0) is 19.4. The molecule has 27 heavy (non-hydrogen) atoms. The number of hydrogen-bond donors (Lipinski definition) is 2. The van der Waals surface area contributed by atoms with Crippen molar-refractivity contribution in [3.05, 3.63) is 29.8 Å². The summed E-state index contributed by atoms with van der Waals surface area (Å²) in [4.78, 5) is 12.0. The van der Waals surface area contributed by atoms with Gasteiger partial charge in [-0.2, -0.15) is 13.2 Å². The van der Waals surface area contributed by atoms with Crippen molar-refractivity contribution < 1.29 is 26.4 Å². The molecule has 4 aliphatic carbocycles. The first-order chi connectivity index (χ1) is 12.5. The van der Waals surface area contributed by atoms with Crippen LogP contribution in [0.5, 0.6) is 0 Å². The Morgan fingerprint density at radius 1 is 0.963 bits per heavy atom. The lowest BCUT2D eigenvalue weighted by Gasteiger charge is -2.56. The van der Waals surface area contributed by atoms with E-state index in [0.29, 0.717) is 29.9 Å². The van der Waals surface area contributed by atoms with Gasteiger partial charge in [-0.1, -0.05) is 0 Å². The first-order valence-electron chi connectivity index (χ1n) is 9.07. The maximum atomic E-state index is 12.6. The third-order valence-corrected chi connectivity index (χ3v) is 7.48. The van der Waals surface area contributed by atoms with Gasteiger partial charge >= 0.3 is 12.2 Å². The molecular formula is C18H21F3N2O3S. The second-order valence-corrected chi connectivity index (χ2v) is 9.96. The minimum absolute atomic E-state index is 0.353. The molecule has 0 saturated heterocycles. The van der Waals surface area contributed by atoms with Crippen LogP contribution in [0.4, 0.5) is 18.0 Å². The van der Waals surface area contributed by atoms with Gasteiger partial charge in [-0.05, 0) is 80.5 Å². The van der Waals surface area contributed by atoms with Crippen LogP contribution < -0.4 is 10.0 Å². The third kappa shape index (κ3) is 3.66. The molecule has 4 saturated carbocycles. The van der Waals surface area contributed by atoms with Crippen LogP contribution in [0.3, 0.4) is 0 Å². The molecule has 5 nitrogen and oxygen atoms in total. The Bertz CT molecular complexity index is 814. The number of nitrogens with one attached hydrogen (secondary N) is 2. The van der Waals surface area contributed by atoms with Gasteiger partial charge in [0.15, 0.2) is 0 Å². The molecule has 0 radical (unpaired) electrons. The number of carbonyl (C=O) groups is 1. The van der Waals surface area contributed by atoms with Gasteiger partial charge in [0.2, 0.25) is 0 Å². The Kier molecular flexibility index (Phi) is 4.21. The summed E-state index contributed by atoms with van der Waals surface area (Å²) in [6.45, 7) is 0. The Labute approximate surface area is 155 Å². The van der Waals surface area contributed by atoms with Gasteiger partial charge in [0.1, 0.15) is 0 Å². The molecule has 4 aliphatic rings. The fraction of sp³-hybridized carbons (Fsp3) is 0.611. The predicted molar refractivity (Wildman–Crippen MR) is 91.2 cm³/mol. The Morgan fingerprint density at radius 3 is 1.89 bits per heavy atom. The first kappa shape index (κ1) is 18.6. The van der Waals surface area contributed by atoms with Crippen molar-refractivity contribution in [3.63, 3.8) is 0 Å². The van der Waals surface area contributed by atoms with Gasteiger partial charge in [0.25, 0.3) is 10.0 Å². The van der Waals surface area contributed by atoms with Gasteiger partial charge in [-0.15, -0.1) is 0 Å². The monoisotopic (exact) mass is 402 g/mol. The number of carbonyl (C=O) groups excluding carboxylic acids is 1. The number of benzene rings is 1. The second-order valence-electron chi connectivity index (χ2n) is 8.28. The van der Waals surface area contributed by atoms with Crippen LogP contribution in [-0.2, 0) is 16.2 Å². The second kappa shape index (κ2) is 6.12. The molecule has 5 rings (SSSR count). The summed E-state index contributed by atoms with van der Waals surface area (Å²) in [5.74, 6) is 1.76. The molecule has 2 amide bonds. The highest BCUT2D eigenvalue weighted by atomic mass is 32.2. The van der Waals surface area contributed by atoms with E-state index in [9.17, 15) is 26.4 Å². The maximum absolute atomic E-state index is 12.6.